The van der Waals surface area contributed by atoms with Gasteiger partial charge in [-0.15, -0.1) is 0 Å². The Labute approximate surface area is 76.5 Å². The van der Waals surface area contributed by atoms with E-state index in [1.165, 1.54) is 12.3 Å². The van der Waals surface area contributed by atoms with E-state index >= 15 is 0 Å². The minimum atomic E-state index is -0.540. The highest BCUT2D eigenvalue weighted by molar-refractivity contribution is 5.18. The second-order valence-corrected chi connectivity index (χ2v) is 2.70. The van der Waals surface area contributed by atoms with Crippen molar-refractivity contribution < 1.29 is 13.9 Å². The smallest absolute Gasteiger partial charge is 0.216 e. The lowest BCUT2D eigenvalue weighted by atomic mass is 10.4. The van der Waals surface area contributed by atoms with Gasteiger partial charge in [-0.1, -0.05) is 0 Å². The Balaban J connectivity index is 2.53. The van der Waals surface area contributed by atoms with Crippen LogP contribution in [0, 0.1) is 5.95 Å². The maximum Gasteiger partial charge on any atom is 0.216 e. The van der Waals surface area contributed by atoms with Gasteiger partial charge in [0, 0.05) is 19.4 Å². The van der Waals surface area contributed by atoms with Gasteiger partial charge in [0.25, 0.3) is 0 Å². The van der Waals surface area contributed by atoms with Gasteiger partial charge in [0.2, 0.25) is 5.95 Å². The molecule has 0 N–H and O–H groups in total. The Morgan fingerprint density at radius 3 is 3.00 bits per heavy atom. The number of pyridine rings is 1. The molecule has 3 nitrogen and oxygen atoms in total. The summed E-state index contributed by atoms with van der Waals surface area (Å²) in [5.41, 5.74) is 0. The number of hydrogen-bond acceptors (Lipinski definition) is 3. The monoisotopic (exact) mass is 185 g/mol. The summed E-state index contributed by atoms with van der Waals surface area (Å²) in [6.45, 7) is 2.33. The molecule has 13 heavy (non-hydrogen) atoms. The molecule has 1 aromatic rings. The van der Waals surface area contributed by atoms with Crippen molar-refractivity contribution in [3.63, 3.8) is 0 Å². The van der Waals surface area contributed by atoms with Crippen LogP contribution in [-0.2, 0) is 4.74 Å². The second-order valence-electron chi connectivity index (χ2n) is 2.70. The molecule has 0 aliphatic heterocycles. The molecule has 0 aromatic carbocycles. The van der Waals surface area contributed by atoms with Crippen LogP contribution in [0.5, 0.6) is 5.75 Å². The third-order valence-electron chi connectivity index (χ3n) is 1.44. The van der Waals surface area contributed by atoms with E-state index in [1.807, 2.05) is 6.92 Å². The normalized spacial score (nSPS) is 12.5. The number of rotatable bonds is 4. The summed E-state index contributed by atoms with van der Waals surface area (Å²) in [5, 5.41) is 0. The summed E-state index contributed by atoms with van der Waals surface area (Å²) < 4.78 is 22.8. The third-order valence-corrected chi connectivity index (χ3v) is 1.44. The van der Waals surface area contributed by atoms with E-state index in [4.69, 9.17) is 9.47 Å². The quantitative estimate of drug-likeness (QED) is 0.668. The van der Waals surface area contributed by atoms with Gasteiger partial charge >= 0.3 is 0 Å². The Kier molecular flexibility index (Phi) is 3.64. The summed E-state index contributed by atoms with van der Waals surface area (Å²) in [4.78, 5) is 3.42. The Morgan fingerprint density at radius 1 is 1.62 bits per heavy atom. The van der Waals surface area contributed by atoms with Gasteiger partial charge in [0.15, 0.2) is 0 Å². The van der Waals surface area contributed by atoms with Crippen molar-refractivity contribution in [3.8, 4) is 5.75 Å². The molecule has 0 saturated carbocycles. The molecule has 1 atom stereocenters. The number of nitrogens with zero attached hydrogens (tertiary/aromatic N) is 1. The van der Waals surface area contributed by atoms with Crippen molar-refractivity contribution in [1.29, 1.82) is 0 Å². The van der Waals surface area contributed by atoms with Crippen LogP contribution in [-0.4, -0.2) is 24.8 Å². The summed E-state index contributed by atoms with van der Waals surface area (Å²) in [6.07, 6.45) is 1.27. The van der Waals surface area contributed by atoms with Gasteiger partial charge in [-0.3, -0.25) is 0 Å². The second kappa shape index (κ2) is 4.77. The molecule has 0 bridgehead atoms. The van der Waals surface area contributed by atoms with Gasteiger partial charge < -0.3 is 9.47 Å². The van der Waals surface area contributed by atoms with E-state index in [2.05, 4.69) is 4.98 Å². The Morgan fingerprint density at radius 2 is 2.38 bits per heavy atom. The molecule has 0 amide bonds. The first kappa shape index (κ1) is 9.92. The predicted molar refractivity (Wildman–Crippen MR) is 46.2 cm³/mol. The minimum Gasteiger partial charge on any atom is -0.488 e. The summed E-state index contributed by atoms with van der Waals surface area (Å²) in [5.74, 6) is -0.0702. The lowest BCUT2D eigenvalue weighted by Crippen LogP contribution is -2.17. The lowest BCUT2D eigenvalue weighted by Gasteiger charge is -2.12. The van der Waals surface area contributed by atoms with Gasteiger partial charge in [-0.25, -0.2) is 4.98 Å². The van der Waals surface area contributed by atoms with Crippen LogP contribution in [0.15, 0.2) is 18.3 Å². The summed E-state index contributed by atoms with van der Waals surface area (Å²) in [6, 6.07) is 2.85. The molecule has 0 aliphatic carbocycles. The Bertz CT molecular complexity index is 268. The number of methoxy groups -OCH3 is 1. The molecule has 72 valence electrons. The molecule has 0 fully saturated rings. The summed E-state index contributed by atoms with van der Waals surface area (Å²) >= 11 is 0. The average Bonchev–Trinajstić information content (AvgIpc) is 2.04. The minimum absolute atomic E-state index is 0.0909. The van der Waals surface area contributed by atoms with Crippen LogP contribution in [0.3, 0.4) is 0 Å². The van der Waals surface area contributed by atoms with Crippen molar-refractivity contribution in [1.82, 2.24) is 4.98 Å². The molecule has 4 heteroatoms. The maximum absolute atomic E-state index is 12.6. The van der Waals surface area contributed by atoms with Crippen molar-refractivity contribution in [3.05, 3.63) is 24.3 Å². The standard InChI is InChI=1S/C9H12FNO2/c1-7(6-12-2)13-8-3-4-11-9(10)5-8/h3-5,7H,6H2,1-2H3. The van der Waals surface area contributed by atoms with E-state index in [-0.39, 0.29) is 6.10 Å². The van der Waals surface area contributed by atoms with E-state index in [0.717, 1.165) is 0 Å². The molecule has 0 aliphatic rings. The largest absolute Gasteiger partial charge is 0.488 e. The fourth-order valence-electron chi connectivity index (χ4n) is 0.959. The molecule has 1 heterocycles. The first-order chi connectivity index (χ1) is 6.22. The van der Waals surface area contributed by atoms with Gasteiger partial charge in [0.05, 0.1) is 6.61 Å². The fourth-order valence-corrected chi connectivity index (χ4v) is 0.959. The molecule has 1 aromatic heterocycles. The zero-order chi connectivity index (χ0) is 9.68. The highest BCUT2D eigenvalue weighted by atomic mass is 19.1. The van der Waals surface area contributed by atoms with Crippen LogP contribution >= 0.6 is 0 Å². The SMILES string of the molecule is COCC(C)Oc1ccnc(F)c1. The average molecular weight is 185 g/mol. The fraction of sp³-hybridized carbons (Fsp3) is 0.444. The highest BCUT2D eigenvalue weighted by Crippen LogP contribution is 2.11. The molecular formula is C9H12FNO2. The number of ether oxygens (including phenoxy) is 2. The number of hydrogen-bond donors (Lipinski definition) is 0. The van der Waals surface area contributed by atoms with E-state index < -0.39 is 5.95 Å². The van der Waals surface area contributed by atoms with Crippen LogP contribution < -0.4 is 4.74 Å². The van der Waals surface area contributed by atoms with E-state index in [0.29, 0.717) is 12.4 Å². The van der Waals surface area contributed by atoms with Crippen LogP contribution in [0.2, 0.25) is 0 Å². The lowest BCUT2D eigenvalue weighted by molar-refractivity contribution is 0.0917. The van der Waals surface area contributed by atoms with Gasteiger partial charge in [-0.2, -0.15) is 4.39 Å². The van der Waals surface area contributed by atoms with Gasteiger partial charge in [-0.05, 0) is 13.0 Å². The van der Waals surface area contributed by atoms with Crippen molar-refractivity contribution in [2.75, 3.05) is 13.7 Å². The first-order valence-corrected chi connectivity index (χ1v) is 3.99. The molecule has 0 spiro atoms. The first-order valence-electron chi connectivity index (χ1n) is 3.99. The molecule has 0 radical (unpaired) electrons. The predicted octanol–water partition coefficient (Wildman–Crippen LogP) is 1.63. The summed E-state index contributed by atoms with van der Waals surface area (Å²) in [7, 11) is 1.59. The Hall–Kier alpha value is -1.16. The zero-order valence-corrected chi connectivity index (χ0v) is 7.66. The molecule has 1 rings (SSSR count). The molecule has 1 unspecified atom stereocenters. The molecule has 0 saturated heterocycles. The highest BCUT2D eigenvalue weighted by Gasteiger charge is 2.03. The number of aromatic nitrogens is 1. The van der Waals surface area contributed by atoms with Crippen LogP contribution in [0.1, 0.15) is 6.92 Å². The van der Waals surface area contributed by atoms with Crippen molar-refractivity contribution in [2.24, 2.45) is 0 Å². The van der Waals surface area contributed by atoms with E-state index in [9.17, 15) is 4.39 Å². The van der Waals surface area contributed by atoms with E-state index in [1.54, 1.807) is 13.2 Å². The van der Waals surface area contributed by atoms with Gasteiger partial charge in [0.1, 0.15) is 11.9 Å². The van der Waals surface area contributed by atoms with Crippen LogP contribution in [0.25, 0.3) is 0 Å². The molecular weight excluding hydrogens is 173 g/mol. The maximum atomic E-state index is 12.6. The third kappa shape index (κ3) is 3.38. The topological polar surface area (TPSA) is 31.4 Å². The van der Waals surface area contributed by atoms with Crippen LogP contribution in [0.4, 0.5) is 4.39 Å². The zero-order valence-electron chi connectivity index (χ0n) is 7.66. The number of halogens is 1. The van der Waals surface area contributed by atoms with Crippen molar-refractivity contribution >= 4 is 0 Å². The van der Waals surface area contributed by atoms with Crippen molar-refractivity contribution in [2.45, 2.75) is 13.0 Å².